The fraction of sp³-hybridized carbons (Fsp3) is 0.500. The number of rotatable bonds is 17. The second kappa shape index (κ2) is 20.3. The van der Waals surface area contributed by atoms with Gasteiger partial charge in [-0.25, -0.2) is 9.59 Å². The standard InChI is InChI=1S/C30H42O4.C2H4/c1-3-5-7-9-11-14-19-25-20-18-23-27(29(31)34-26-21-15-13-16-22-26)28(25)30(32)33-24-17-12-10-8-6-4-2;1-2/h13,15-16,18,20-23H,3-12,14,17,19,24H2,1-2H3;1-2H2. The van der Waals surface area contributed by atoms with Gasteiger partial charge in [-0.1, -0.05) is 108 Å². The zero-order valence-corrected chi connectivity index (χ0v) is 22.6. The summed E-state index contributed by atoms with van der Waals surface area (Å²) in [5.74, 6) is -0.488. The van der Waals surface area contributed by atoms with E-state index >= 15 is 0 Å². The van der Waals surface area contributed by atoms with E-state index in [1.165, 1.54) is 44.9 Å². The molecule has 0 aliphatic carbocycles. The van der Waals surface area contributed by atoms with Crippen molar-refractivity contribution in [2.24, 2.45) is 0 Å². The number of esters is 2. The molecule has 0 saturated heterocycles. The summed E-state index contributed by atoms with van der Waals surface area (Å²) >= 11 is 0. The first-order chi connectivity index (χ1) is 17.7. The molecule has 0 bridgehead atoms. The van der Waals surface area contributed by atoms with Crippen LogP contribution in [0.3, 0.4) is 0 Å². The van der Waals surface area contributed by atoms with Crippen LogP contribution < -0.4 is 4.74 Å². The maximum atomic E-state index is 13.1. The van der Waals surface area contributed by atoms with E-state index in [0.717, 1.165) is 44.1 Å². The molecule has 2 aromatic rings. The third-order valence-electron chi connectivity index (χ3n) is 6.06. The highest BCUT2D eigenvalue weighted by Crippen LogP contribution is 2.22. The Labute approximate surface area is 219 Å². The lowest BCUT2D eigenvalue weighted by Crippen LogP contribution is -2.18. The molecule has 0 aliphatic heterocycles. The van der Waals surface area contributed by atoms with Crippen molar-refractivity contribution in [2.75, 3.05) is 6.61 Å². The zero-order valence-electron chi connectivity index (χ0n) is 22.6. The Morgan fingerprint density at radius 1 is 0.667 bits per heavy atom. The second-order valence-corrected chi connectivity index (χ2v) is 8.96. The molecule has 2 aromatic carbocycles. The molecule has 198 valence electrons. The minimum Gasteiger partial charge on any atom is -0.462 e. The third-order valence-corrected chi connectivity index (χ3v) is 6.06. The summed E-state index contributed by atoms with van der Waals surface area (Å²) in [5.41, 5.74) is 1.51. The van der Waals surface area contributed by atoms with E-state index in [-0.39, 0.29) is 5.56 Å². The first-order valence-electron chi connectivity index (χ1n) is 13.7. The largest absolute Gasteiger partial charge is 0.462 e. The molecule has 0 unspecified atom stereocenters. The molecule has 0 saturated carbocycles. The number of para-hydroxylation sites is 1. The van der Waals surface area contributed by atoms with Gasteiger partial charge in [-0.3, -0.25) is 0 Å². The summed E-state index contributed by atoms with van der Waals surface area (Å²) in [6.45, 7) is 10.8. The molecular formula is C32H46O4. The Balaban J connectivity index is 0.00000316. The van der Waals surface area contributed by atoms with Gasteiger partial charge in [-0.05, 0) is 43.0 Å². The molecule has 2 rings (SSSR count). The van der Waals surface area contributed by atoms with Gasteiger partial charge in [0.05, 0.1) is 17.7 Å². The third kappa shape index (κ3) is 12.2. The Kier molecular flexibility index (Phi) is 17.6. The van der Waals surface area contributed by atoms with Crippen LogP contribution in [-0.2, 0) is 11.2 Å². The van der Waals surface area contributed by atoms with E-state index in [4.69, 9.17) is 9.47 Å². The molecule has 0 spiro atoms. The molecule has 36 heavy (non-hydrogen) atoms. The molecule has 0 amide bonds. The SMILES string of the molecule is C=C.CCCCCCCCOC(=O)c1c(CCCCCCCC)cccc1C(=O)Oc1ccccc1. The summed E-state index contributed by atoms with van der Waals surface area (Å²) in [5, 5.41) is 0. The first-order valence-corrected chi connectivity index (χ1v) is 13.7. The van der Waals surface area contributed by atoms with Crippen LogP contribution in [0.4, 0.5) is 0 Å². The smallest absolute Gasteiger partial charge is 0.344 e. The molecule has 0 fully saturated rings. The lowest BCUT2D eigenvalue weighted by molar-refractivity contribution is 0.0488. The number of unbranched alkanes of at least 4 members (excludes halogenated alkanes) is 10. The lowest BCUT2D eigenvalue weighted by atomic mass is 9.96. The van der Waals surface area contributed by atoms with E-state index in [2.05, 4.69) is 27.0 Å². The van der Waals surface area contributed by atoms with Crippen LogP contribution in [0.1, 0.15) is 117 Å². The second-order valence-electron chi connectivity index (χ2n) is 8.96. The fourth-order valence-corrected chi connectivity index (χ4v) is 4.09. The Bertz CT molecular complexity index is 860. The van der Waals surface area contributed by atoms with Crippen LogP contribution in [0.15, 0.2) is 61.7 Å². The van der Waals surface area contributed by atoms with Gasteiger partial charge >= 0.3 is 11.9 Å². The van der Waals surface area contributed by atoms with E-state index in [1.807, 2.05) is 30.3 Å². The number of hydrogen-bond acceptors (Lipinski definition) is 4. The van der Waals surface area contributed by atoms with Gasteiger partial charge in [-0.2, -0.15) is 0 Å². The summed E-state index contributed by atoms with van der Waals surface area (Å²) in [4.78, 5) is 26.1. The molecule has 0 radical (unpaired) electrons. The summed E-state index contributed by atoms with van der Waals surface area (Å²) in [6.07, 6.45) is 14.5. The highest BCUT2D eigenvalue weighted by molar-refractivity contribution is 6.04. The Morgan fingerprint density at radius 2 is 1.25 bits per heavy atom. The summed E-state index contributed by atoms with van der Waals surface area (Å²) in [7, 11) is 0. The number of carbonyl (C=O) groups excluding carboxylic acids is 2. The number of ether oxygens (including phenoxy) is 2. The summed E-state index contributed by atoms with van der Waals surface area (Å²) < 4.78 is 11.2. The van der Waals surface area contributed by atoms with Crippen LogP contribution in [0, 0.1) is 0 Å². The Morgan fingerprint density at radius 3 is 1.89 bits per heavy atom. The van der Waals surface area contributed by atoms with Crippen LogP contribution in [0.2, 0.25) is 0 Å². The molecule has 0 aliphatic rings. The normalized spacial score (nSPS) is 10.3. The van der Waals surface area contributed by atoms with Crippen molar-refractivity contribution in [3.63, 3.8) is 0 Å². The minimum absolute atomic E-state index is 0.278. The number of carbonyl (C=O) groups is 2. The van der Waals surface area contributed by atoms with E-state index < -0.39 is 11.9 Å². The van der Waals surface area contributed by atoms with Crippen molar-refractivity contribution in [2.45, 2.75) is 97.3 Å². The van der Waals surface area contributed by atoms with Crippen LogP contribution in [0.25, 0.3) is 0 Å². The molecule has 4 nitrogen and oxygen atoms in total. The Hall–Kier alpha value is -2.88. The molecule has 0 atom stereocenters. The van der Waals surface area contributed by atoms with Gasteiger partial charge in [-0.15, -0.1) is 13.2 Å². The van der Waals surface area contributed by atoms with Crippen LogP contribution in [0.5, 0.6) is 5.75 Å². The molecule has 0 heterocycles. The maximum absolute atomic E-state index is 13.1. The van der Waals surface area contributed by atoms with Crippen LogP contribution >= 0.6 is 0 Å². The van der Waals surface area contributed by atoms with E-state index in [1.54, 1.807) is 18.2 Å². The number of hydrogen-bond donors (Lipinski definition) is 0. The number of aryl methyl sites for hydroxylation is 1. The van der Waals surface area contributed by atoms with Crippen molar-refractivity contribution in [1.82, 2.24) is 0 Å². The highest BCUT2D eigenvalue weighted by Gasteiger charge is 2.23. The molecule has 0 aromatic heterocycles. The monoisotopic (exact) mass is 494 g/mol. The average Bonchev–Trinajstić information content (AvgIpc) is 2.91. The van der Waals surface area contributed by atoms with Gasteiger partial charge in [0.2, 0.25) is 0 Å². The van der Waals surface area contributed by atoms with E-state index in [0.29, 0.717) is 17.9 Å². The predicted octanol–water partition coefficient (Wildman–Crippen LogP) is 9.13. The minimum atomic E-state index is -0.525. The zero-order chi connectivity index (χ0) is 26.4. The fourth-order valence-electron chi connectivity index (χ4n) is 4.09. The molecule has 4 heteroatoms. The predicted molar refractivity (Wildman–Crippen MR) is 150 cm³/mol. The topological polar surface area (TPSA) is 52.6 Å². The van der Waals surface area contributed by atoms with Gasteiger partial charge in [0.25, 0.3) is 0 Å². The average molecular weight is 495 g/mol. The lowest BCUT2D eigenvalue weighted by Gasteiger charge is -2.14. The van der Waals surface area contributed by atoms with Gasteiger partial charge in [0.15, 0.2) is 0 Å². The van der Waals surface area contributed by atoms with Crippen LogP contribution in [-0.4, -0.2) is 18.5 Å². The van der Waals surface area contributed by atoms with Gasteiger partial charge in [0.1, 0.15) is 5.75 Å². The van der Waals surface area contributed by atoms with E-state index in [9.17, 15) is 9.59 Å². The summed E-state index contributed by atoms with van der Waals surface area (Å²) in [6, 6.07) is 14.4. The van der Waals surface area contributed by atoms with Crippen molar-refractivity contribution >= 4 is 11.9 Å². The van der Waals surface area contributed by atoms with Crippen molar-refractivity contribution < 1.29 is 19.1 Å². The first kappa shape index (κ1) is 31.2. The highest BCUT2D eigenvalue weighted by atomic mass is 16.5. The van der Waals surface area contributed by atoms with Crippen molar-refractivity contribution in [3.8, 4) is 5.75 Å². The quantitative estimate of drug-likeness (QED) is 0.0952. The van der Waals surface area contributed by atoms with Gasteiger partial charge < -0.3 is 9.47 Å². The molecule has 0 N–H and O–H groups in total. The molecular weight excluding hydrogens is 448 g/mol. The maximum Gasteiger partial charge on any atom is 0.344 e. The van der Waals surface area contributed by atoms with Crippen molar-refractivity contribution in [3.05, 3.63) is 78.4 Å². The van der Waals surface area contributed by atoms with Crippen molar-refractivity contribution in [1.29, 1.82) is 0 Å². The number of benzene rings is 2. The van der Waals surface area contributed by atoms with Gasteiger partial charge in [0, 0.05) is 0 Å².